The van der Waals surface area contributed by atoms with E-state index in [0.717, 1.165) is 36.8 Å². The largest absolute Gasteiger partial charge is 0.379 e. The quantitative estimate of drug-likeness (QED) is 0.855. The Morgan fingerprint density at radius 3 is 2.43 bits per heavy atom. The monoisotopic (exact) mass is 396 g/mol. The molecule has 0 radical (unpaired) electrons. The van der Waals surface area contributed by atoms with E-state index in [1.165, 1.54) is 0 Å². The standard InChI is InChI=1S/C20H24N6OS/c1-20(7-14-28-18(21)24-20)16-5-3-15(4-6-16)17(27)25-10-12-26(13-11-25)19-22-8-2-9-23-19/h2-6,8-9H,7,10-14H2,1H3,(H2,21,24). The topological polar surface area (TPSA) is 87.7 Å². The number of benzene rings is 1. The molecule has 0 aliphatic carbocycles. The van der Waals surface area contributed by atoms with Crippen molar-refractivity contribution in [2.75, 3.05) is 36.8 Å². The average molecular weight is 397 g/mol. The number of nitrogens with two attached hydrogens (primary N) is 1. The Morgan fingerprint density at radius 2 is 1.79 bits per heavy atom. The third-order valence-electron chi connectivity index (χ3n) is 5.35. The van der Waals surface area contributed by atoms with Crippen LogP contribution in [-0.2, 0) is 5.54 Å². The van der Waals surface area contributed by atoms with Crippen molar-refractivity contribution in [1.29, 1.82) is 0 Å². The second-order valence-corrected chi connectivity index (χ2v) is 8.34. The highest BCUT2D eigenvalue weighted by Gasteiger charge is 2.30. The van der Waals surface area contributed by atoms with Gasteiger partial charge in [-0.1, -0.05) is 23.9 Å². The molecular weight excluding hydrogens is 372 g/mol. The van der Waals surface area contributed by atoms with Gasteiger partial charge in [-0.2, -0.15) is 0 Å². The molecule has 2 aliphatic heterocycles. The molecule has 28 heavy (non-hydrogen) atoms. The van der Waals surface area contributed by atoms with E-state index in [1.807, 2.05) is 29.2 Å². The number of rotatable bonds is 3. The molecule has 0 bridgehead atoms. The van der Waals surface area contributed by atoms with Crippen molar-refractivity contribution in [3.8, 4) is 0 Å². The highest BCUT2D eigenvalue weighted by atomic mass is 32.2. The second-order valence-electron chi connectivity index (χ2n) is 7.23. The first-order chi connectivity index (χ1) is 13.5. The van der Waals surface area contributed by atoms with Gasteiger partial charge in [0.05, 0.1) is 5.54 Å². The summed E-state index contributed by atoms with van der Waals surface area (Å²) in [5.41, 5.74) is 7.41. The number of nitrogens with zero attached hydrogens (tertiary/aromatic N) is 5. The Kier molecular flexibility index (Phi) is 5.21. The lowest BCUT2D eigenvalue weighted by Gasteiger charge is -2.35. The molecule has 1 atom stereocenters. The minimum absolute atomic E-state index is 0.0625. The molecule has 3 heterocycles. The van der Waals surface area contributed by atoms with E-state index in [4.69, 9.17) is 5.73 Å². The Bertz CT molecular complexity index is 864. The number of hydrogen-bond acceptors (Lipinski definition) is 7. The molecule has 1 saturated heterocycles. The molecule has 0 saturated carbocycles. The van der Waals surface area contributed by atoms with Crippen LogP contribution in [-0.4, -0.2) is 57.9 Å². The van der Waals surface area contributed by atoms with Crippen molar-refractivity contribution in [2.24, 2.45) is 10.7 Å². The van der Waals surface area contributed by atoms with Crippen LogP contribution in [0.15, 0.2) is 47.7 Å². The van der Waals surface area contributed by atoms with E-state index in [9.17, 15) is 4.79 Å². The molecule has 2 aliphatic rings. The van der Waals surface area contributed by atoms with Crippen LogP contribution in [0.4, 0.5) is 5.95 Å². The smallest absolute Gasteiger partial charge is 0.253 e. The lowest BCUT2D eigenvalue weighted by Crippen LogP contribution is -2.49. The van der Waals surface area contributed by atoms with Crippen LogP contribution in [0.25, 0.3) is 0 Å². The summed E-state index contributed by atoms with van der Waals surface area (Å²) in [6.45, 7) is 4.89. The summed E-state index contributed by atoms with van der Waals surface area (Å²) in [5.74, 6) is 1.74. The number of aliphatic imine (C=N–C) groups is 1. The lowest BCUT2D eigenvalue weighted by atomic mass is 9.89. The number of hydrogen-bond donors (Lipinski definition) is 1. The van der Waals surface area contributed by atoms with Crippen LogP contribution >= 0.6 is 11.8 Å². The molecule has 1 aromatic heterocycles. The van der Waals surface area contributed by atoms with Crippen molar-refractivity contribution in [1.82, 2.24) is 14.9 Å². The van der Waals surface area contributed by atoms with Gasteiger partial charge in [0, 0.05) is 49.9 Å². The summed E-state index contributed by atoms with van der Waals surface area (Å²) < 4.78 is 0. The molecule has 1 amide bonds. The van der Waals surface area contributed by atoms with Crippen LogP contribution in [0.3, 0.4) is 0 Å². The van der Waals surface area contributed by atoms with Crippen LogP contribution in [0.5, 0.6) is 0 Å². The average Bonchev–Trinajstić information content (AvgIpc) is 2.74. The van der Waals surface area contributed by atoms with E-state index in [2.05, 4.69) is 26.8 Å². The molecule has 8 heteroatoms. The van der Waals surface area contributed by atoms with Crippen LogP contribution in [0, 0.1) is 0 Å². The molecule has 7 nitrogen and oxygen atoms in total. The molecule has 0 spiro atoms. The fraction of sp³-hybridized carbons (Fsp3) is 0.400. The fourth-order valence-electron chi connectivity index (χ4n) is 3.61. The van der Waals surface area contributed by atoms with Gasteiger partial charge in [0.15, 0.2) is 5.17 Å². The maximum atomic E-state index is 12.9. The van der Waals surface area contributed by atoms with Gasteiger partial charge >= 0.3 is 0 Å². The van der Waals surface area contributed by atoms with Gasteiger partial charge in [0.2, 0.25) is 5.95 Å². The summed E-state index contributed by atoms with van der Waals surface area (Å²) in [7, 11) is 0. The van der Waals surface area contributed by atoms with Gasteiger partial charge in [0.1, 0.15) is 0 Å². The molecule has 1 fully saturated rings. The summed E-state index contributed by atoms with van der Waals surface area (Å²) in [4.78, 5) is 30.1. The zero-order valence-electron chi connectivity index (χ0n) is 15.9. The molecule has 1 unspecified atom stereocenters. The predicted molar refractivity (Wildman–Crippen MR) is 113 cm³/mol. The predicted octanol–water partition coefficient (Wildman–Crippen LogP) is 2.11. The van der Waals surface area contributed by atoms with Gasteiger partial charge in [-0.3, -0.25) is 9.79 Å². The van der Waals surface area contributed by atoms with Crippen molar-refractivity contribution in [2.45, 2.75) is 18.9 Å². The van der Waals surface area contributed by atoms with E-state index in [-0.39, 0.29) is 11.4 Å². The molecule has 2 aromatic rings. The number of piperazine rings is 1. The molecule has 4 rings (SSSR count). The van der Waals surface area contributed by atoms with E-state index < -0.39 is 0 Å². The zero-order chi connectivity index (χ0) is 19.6. The second kappa shape index (κ2) is 7.79. The van der Waals surface area contributed by atoms with Crippen molar-refractivity contribution >= 4 is 28.8 Å². The van der Waals surface area contributed by atoms with Crippen LogP contribution in [0.2, 0.25) is 0 Å². The summed E-state index contributed by atoms with van der Waals surface area (Å²) >= 11 is 1.59. The first-order valence-electron chi connectivity index (χ1n) is 9.45. The molecule has 146 valence electrons. The first-order valence-corrected chi connectivity index (χ1v) is 10.4. The molecular formula is C20H24N6OS. The van der Waals surface area contributed by atoms with E-state index in [0.29, 0.717) is 23.8 Å². The number of thioether (sulfide) groups is 1. The van der Waals surface area contributed by atoms with Crippen LogP contribution < -0.4 is 10.6 Å². The van der Waals surface area contributed by atoms with Crippen LogP contribution in [0.1, 0.15) is 29.3 Å². The maximum Gasteiger partial charge on any atom is 0.253 e. The Hall–Kier alpha value is -2.61. The Morgan fingerprint density at radius 1 is 1.11 bits per heavy atom. The van der Waals surface area contributed by atoms with Crippen molar-refractivity contribution < 1.29 is 4.79 Å². The minimum atomic E-state index is -0.307. The van der Waals surface area contributed by atoms with Gasteiger partial charge < -0.3 is 15.5 Å². The third-order valence-corrected chi connectivity index (χ3v) is 6.15. The number of carbonyl (C=O) groups excluding carboxylic acids is 1. The summed E-state index contributed by atoms with van der Waals surface area (Å²) in [6, 6.07) is 9.63. The van der Waals surface area contributed by atoms with Gasteiger partial charge in [-0.05, 0) is 37.1 Å². The van der Waals surface area contributed by atoms with Gasteiger partial charge in [0.25, 0.3) is 5.91 Å². The fourth-order valence-corrected chi connectivity index (χ4v) is 4.59. The number of aromatic nitrogens is 2. The highest BCUT2D eigenvalue weighted by molar-refractivity contribution is 8.13. The maximum absolute atomic E-state index is 12.9. The number of carbonyl (C=O) groups is 1. The highest BCUT2D eigenvalue weighted by Crippen LogP contribution is 2.35. The zero-order valence-corrected chi connectivity index (χ0v) is 16.7. The summed E-state index contributed by atoms with van der Waals surface area (Å²) in [5, 5.41) is 0.633. The van der Waals surface area contributed by atoms with Crippen molar-refractivity contribution in [3.63, 3.8) is 0 Å². The van der Waals surface area contributed by atoms with E-state index >= 15 is 0 Å². The third kappa shape index (κ3) is 3.82. The number of amides is 1. The molecule has 1 aromatic carbocycles. The Balaban J connectivity index is 1.41. The van der Waals surface area contributed by atoms with Gasteiger partial charge in [-0.15, -0.1) is 0 Å². The number of amidine groups is 1. The van der Waals surface area contributed by atoms with Crippen molar-refractivity contribution in [3.05, 3.63) is 53.9 Å². The molecule has 2 N–H and O–H groups in total. The minimum Gasteiger partial charge on any atom is -0.379 e. The SMILES string of the molecule is CC1(c2ccc(C(=O)N3CCN(c4ncccn4)CC3)cc2)CCSC(N)=N1. The lowest BCUT2D eigenvalue weighted by molar-refractivity contribution is 0.0746. The first kappa shape index (κ1) is 18.7. The number of anilines is 1. The van der Waals surface area contributed by atoms with Gasteiger partial charge in [-0.25, -0.2) is 9.97 Å². The summed E-state index contributed by atoms with van der Waals surface area (Å²) in [6.07, 6.45) is 4.42. The Labute approximate surface area is 169 Å². The van der Waals surface area contributed by atoms with E-state index in [1.54, 1.807) is 30.2 Å². The normalized spacial score (nSPS) is 22.7.